The molecule has 1 N–H and O–H groups in total. The molecular formula is C17H17IN4O2. The van der Waals surface area contributed by atoms with Crippen LogP contribution in [0.25, 0.3) is 16.6 Å². The number of fused-ring (bicyclic) bond motifs is 2. The number of rotatable bonds is 4. The number of hydrogen-bond donors (Lipinski definition) is 1. The molecule has 1 aromatic carbocycles. The van der Waals surface area contributed by atoms with Crippen LogP contribution in [0.15, 0.2) is 41.3 Å². The van der Waals surface area contributed by atoms with Crippen molar-refractivity contribution in [3.05, 3.63) is 56.0 Å². The summed E-state index contributed by atoms with van der Waals surface area (Å²) >= 11 is 2.16. The van der Waals surface area contributed by atoms with Gasteiger partial charge in [0.25, 0.3) is 11.5 Å². The number of amides is 1. The summed E-state index contributed by atoms with van der Waals surface area (Å²) in [6, 6.07) is 8.88. The number of benzene rings is 1. The number of carbonyl (C=O) groups is 1. The molecule has 24 heavy (non-hydrogen) atoms. The lowest BCUT2D eigenvalue weighted by Crippen LogP contribution is -2.32. The number of nitrogens with zero attached hydrogens (tertiary/aromatic N) is 3. The monoisotopic (exact) mass is 436 g/mol. The van der Waals surface area contributed by atoms with E-state index in [2.05, 4.69) is 32.9 Å². The lowest BCUT2D eigenvalue weighted by Gasteiger charge is -2.12. The zero-order chi connectivity index (χ0) is 17.3. The second-order valence-corrected chi connectivity index (χ2v) is 7.00. The van der Waals surface area contributed by atoms with E-state index in [4.69, 9.17) is 0 Å². The van der Waals surface area contributed by atoms with Gasteiger partial charge in [-0.2, -0.15) is 0 Å². The molecular weight excluding hydrogens is 419 g/mol. The van der Waals surface area contributed by atoms with E-state index < -0.39 is 0 Å². The predicted molar refractivity (Wildman–Crippen MR) is 103 cm³/mol. The summed E-state index contributed by atoms with van der Waals surface area (Å²) in [6.45, 7) is 1.27. The van der Waals surface area contributed by atoms with Crippen LogP contribution in [0.1, 0.15) is 10.4 Å². The first-order valence-electron chi connectivity index (χ1n) is 7.51. The molecule has 124 valence electrons. The van der Waals surface area contributed by atoms with Gasteiger partial charge in [0.2, 0.25) is 0 Å². The molecule has 2 heterocycles. The largest absolute Gasteiger partial charge is 0.351 e. The Bertz CT molecular complexity index is 981. The Morgan fingerprint density at radius 2 is 2.12 bits per heavy atom. The van der Waals surface area contributed by atoms with Gasteiger partial charge in [0.15, 0.2) is 5.65 Å². The number of aromatic nitrogens is 2. The SMILES string of the molecule is CN(C)CCNC(=O)c1cccn2c(=O)c3cc(I)ccc3nc12. The summed E-state index contributed by atoms with van der Waals surface area (Å²) in [4.78, 5) is 31.7. The maximum Gasteiger partial charge on any atom is 0.265 e. The van der Waals surface area contributed by atoms with Crippen molar-refractivity contribution in [2.75, 3.05) is 27.2 Å². The second-order valence-electron chi connectivity index (χ2n) is 5.75. The Labute approximate surface area is 152 Å². The van der Waals surface area contributed by atoms with Crippen molar-refractivity contribution in [1.29, 1.82) is 0 Å². The van der Waals surface area contributed by atoms with Gasteiger partial charge in [0.1, 0.15) is 0 Å². The zero-order valence-electron chi connectivity index (χ0n) is 13.4. The normalized spacial score (nSPS) is 11.3. The van der Waals surface area contributed by atoms with E-state index in [0.717, 1.165) is 10.1 Å². The van der Waals surface area contributed by atoms with Gasteiger partial charge in [0, 0.05) is 22.9 Å². The van der Waals surface area contributed by atoms with Gasteiger partial charge in [-0.05, 0) is 67.0 Å². The van der Waals surface area contributed by atoms with Crippen LogP contribution in [0.2, 0.25) is 0 Å². The molecule has 0 aliphatic carbocycles. The van der Waals surface area contributed by atoms with Crippen molar-refractivity contribution in [3.8, 4) is 0 Å². The molecule has 0 aliphatic heterocycles. The lowest BCUT2D eigenvalue weighted by molar-refractivity contribution is 0.0952. The third-order valence-corrected chi connectivity index (χ3v) is 4.36. The van der Waals surface area contributed by atoms with Gasteiger partial charge in [-0.15, -0.1) is 0 Å². The topological polar surface area (TPSA) is 66.7 Å². The molecule has 1 amide bonds. The molecule has 0 atom stereocenters. The molecule has 0 radical (unpaired) electrons. The molecule has 7 heteroatoms. The fraction of sp³-hybridized carbons (Fsp3) is 0.235. The van der Waals surface area contributed by atoms with Crippen molar-refractivity contribution < 1.29 is 4.79 Å². The van der Waals surface area contributed by atoms with Gasteiger partial charge in [-0.25, -0.2) is 4.98 Å². The van der Waals surface area contributed by atoms with Crippen molar-refractivity contribution in [2.24, 2.45) is 0 Å². The van der Waals surface area contributed by atoms with Gasteiger partial charge in [-0.1, -0.05) is 0 Å². The van der Waals surface area contributed by atoms with Crippen LogP contribution in [-0.4, -0.2) is 47.4 Å². The standard InChI is InChI=1S/C17H17IN4O2/c1-21(2)9-7-19-16(23)12-4-3-8-22-15(12)20-14-6-5-11(18)10-13(14)17(22)24/h3-6,8,10H,7,9H2,1-2H3,(H,19,23). The fourth-order valence-electron chi connectivity index (χ4n) is 2.46. The zero-order valence-corrected chi connectivity index (χ0v) is 15.6. The minimum atomic E-state index is -0.230. The van der Waals surface area contributed by atoms with Crippen molar-refractivity contribution in [3.63, 3.8) is 0 Å². The maximum absolute atomic E-state index is 12.7. The summed E-state index contributed by atoms with van der Waals surface area (Å²) in [5.41, 5.74) is 1.19. The number of pyridine rings is 1. The minimum Gasteiger partial charge on any atom is -0.351 e. The summed E-state index contributed by atoms with van der Waals surface area (Å²) in [5.74, 6) is -0.230. The second kappa shape index (κ2) is 6.86. The van der Waals surface area contributed by atoms with Crippen LogP contribution >= 0.6 is 22.6 Å². The summed E-state index contributed by atoms with van der Waals surface area (Å²) in [5, 5.41) is 3.41. The molecule has 3 rings (SSSR count). The first-order chi connectivity index (χ1) is 11.5. The number of likely N-dealkylation sites (N-methyl/N-ethyl adjacent to an activating group) is 1. The highest BCUT2D eigenvalue weighted by molar-refractivity contribution is 14.1. The third kappa shape index (κ3) is 3.27. The Morgan fingerprint density at radius 3 is 2.88 bits per heavy atom. The quantitative estimate of drug-likeness (QED) is 0.500. The highest BCUT2D eigenvalue weighted by Gasteiger charge is 2.14. The van der Waals surface area contributed by atoms with Crippen LogP contribution < -0.4 is 10.9 Å². The van der Waals surface area contributed by atoms with E-state index in [1.807, 2.05) is 31.1 Å². The molecule has 6 nitrogen and oxygen atoms in total. The maximum atomic E-state index is 12.7. The van der Waals surface area contributed by atoms with Gasteiger partial charge < -0.3 is 10.2 Å². The molecule has 0 fully saturated rings. The van der Waals surface area contributed by atoms with Gasteiger partial charge in [0.05, 0.1) is 16.5 Å². The van der Waals surface area contributed by atoms with E-state index >= 15 is 0 Å². The van der Waals surface area contributed by atoms with E-state index in [-0.39, 0.29) is 11.5 Å². The van der Waals surface area contributed by atoms with Crippen LogP contribution in [0.3, 0.4) is 0 Å². The average Bonchev–Trinajstić information content (AvgIpc) is 2.55. The summed E-state index contributed by atoms with van der Waals surface area (Å²) in [6.07, 6.45) is 1.64. The van der Waals surface area contributed by atoms with E-state index in [9.17, 15) is 9.59 Å². The third-order valence-electron chi connectivity index (χ3n) is 3.69. The summed E-state index contributed by atoms with van der Waals surface area (Å²) in [7, 11) is 3.89. The smallest absolute Gasteiger partial charge is 0.265 e. The Hall–Kier alpha value is -2.00. The number of nitrogens with one attached hydrogen (secondary N) is 1. The highest BCUT2D eigenvalue weighted by atomic mass is 127. The van der Waals surface area contributed by atoms with E-state index in [1.165, 1.54) is 4.40 Å². The number of hydrogen-bond acceptors (Lipinski definition) is 4. The predicted octanol–water partition coefficient (Wildman–Crippen LogP) is 1.74. The molecule has 0 saturated carbocycles. The van der Waals surface area contributed by atoms with Crippen molar-refractivity contribution >= 4 is 45.0 Å². The fourth-order valence-corrected chi connectivity index (χ4v) is 2.96. The number of halogens is 1. The highest BCUT2D eigenvalue weighted by Crippen LogP contribution is 2.15. The van der Waals surface area contributed by atoms with Crippen molar-refractivity contribution in [1.82, 2.24) is 19.6 Å². The molecule has 0 spiro atoms. The average molecular weight is 436 g/mol. The van der Waals surface area contributed by atoms with Gasteiger partial charge >= 0.3 is 0 Å². The molecule has 3 aromatic rings. The molecule has 2 aromatic heterocycles. The van der Waals surface area contributed by atoms with Crippen LogP contribution in [0, 0.1) is 3.57 Å². The number of carbonyl (C=O) groups excluding carboxylic acids is 1. The minimum absolute atomic E-state index is 0.170. The van der Waals surface area contributed by atoms with Crippen LogP contribution in [0.4, 0.5) is 0 Å². The van der Waals surface area contributed by atoms with E-state index in [0.29, 0.717) is 28.7 Å². The summed E-state index contributed by atoms with van der Waals surface area (Å²) < 4.78 is 2.40. The molecule has 0 unspecified atom stereocenters. The lowest BCUT2D eigenvalue weighted by atomic mass is 10.2. The van der Waals surface area contributed by atoms with Crippen LogP contribution in [0.5, 0.6) is 0 Å². The molecule has 0 aliphatic rings. The van der Waals surface area contributed by atoms with E-state index in [1.54, 1.807) is 24.4 Å². The molecule has 0 saturated heterocycles. The Morgan fingerprint density at radius 1 is 1.33 bits per heavy atom. The van der Waals surface area contributed by atoms with Gasteiger partial charge in [-0.3, -0.25) is 14.0 Å². The Balaban J connectivity index is 2.10. The van der Waals surface area contributed by atoms with Crippen LogP contribution in [-0.2, 0) is 0 Å². The first-order valence-corrected chi connectivity index (χ1v) is 8.59. The Kier molecular flexibility index (Phi) is 4.81. The molecule has 0 bridgehead atoms. The van der Waals surface area contributed by atoms with Crippen molar-refractivity contribution in [2.45, 2.75) is 0 Å². The first kappa shape index (κ1) is 16.8.